The smallest absolute Gasteiger partial charge is 0.305 e. The summed E-state index contributed by atoms with van der Waals surface area (Å²) < 4.78 is 11.4. The molecule has 0 unspecified atom stereocenters. The number of carbonyl (C=O) groups excluding carboxylic acids is 1. The van der Waals surface area contributed by atoms with Crippen molar-refractivity contribution in [3.05, 3.63) is 41.5 Å². The maximum Gasteiger partial charge on any atom is 0.305 e. The third-order valence-corrected chi connectivity index (χ3v) is 12.4. The Labute approximate surface area is 224 Å². The first-order valence-corrected chi connectivity index (χ1v) is 16.7. The summed E-state index contributed by atoms with van der Waals surface area (Å²) in [5.41, 5.74) is 2.38. The molecule has 1 aromatic carbocycles. The van der Waals surface area contributed by atoms with Crippen LogP contribution in [0.15, 0.2) is 30.4 Å². The van der Waals surface area contributed by atoms with E-state index in [0.717, 1.165) is 37.0 Å². The van der Waals surface area contributed by atoms with Crippen molar-refractivity contribution in [3.63, 3.8) is 0 Å². The van der Waals surface area contributed by atoms with Gasteiger partial charge in [-0.05, 0) is 74.1 Å². The first-order chi connectivity index (χ1) is 17.4. The molecule has 1 aliphatic heterocycles. The molecule has 0 amide bonds. The van der Waals surface area contributed by atoms with E-state index < -0.39 is 14.4 Å². The van der Waals surface area contributed by atoms with E-state index >= 15 is 0 Å². The average molecular weight is 527 g/mol. The number of para-hydroxylation sites is 1. The molecule has 5 nitrogen and oxygen atoms in total. The second-order valence-electron chi connectivity index (χ2n) is 12.2. The Kier molecular flexibility index (Phi) is 9.71. The van der Waals surface area contributed by atoms with E-state index in [0.29, 0.717) is 18.8 Å². The number of esters is 1. The quantitative estimate of drug-likeness (QED) is 0.160. The van der Waals surface area contributed by atoms with E-state index in [2.05, 4.69) is 50.0 Å². The van der Waals surface area contributed by atoms with E-state index in [1.54, 1.807) is 0 Å². The summed E-state index contributed by atoms with van der Waals surface area (Å²) in [6.45, 7) is 12.3. The number of ether oxygens (including phenoxy) is 2. The highest BCUT2D eigenvalue weighted by molar-refractivity contribution is 6.72. The molecule has 0 spiro atoms. The van der Waals surface area contributed by atoms with Gasteiger partial charge in [-0.1, -0.05) is 51.1 Å². The standard InChI is InChI=1S/C31H46O5Si/c1-8-9-12-21(2)26(32)18-17-24-23(20-31(3,4)37(6,7)34)19-27-29(24)25-15-10-13-22(30(25)36-27)14-11-16-28(33)35-5/h10,13,15,17-18,21,23-24,26-27,29,32,34H,11-12,14,16,19-20H2,1-7H3/b18-17+/t21-,23-,24-,26+,27-,29-/m0/s1. The van der Waals surface area contributed by atoms with Crippen molar-refractivity contribution in [1.82, 2.24) is 0 Å². The number of aryl methyl sites for hydroxylation is 1. The van der Waals surface area contributed by atoms with Gasteiger partial charge in [0, 0.05) is 24.3 Å². The molecular formula is C31H46O5Si. The zero-order valence-corrected chi connectivity index (χ0v) is 24.7. The van der Waals surface area contributed by atoms with Gasteiger partial charge in [-0.25, -0.2) is 0 Å². The van der Waals surface area contributed by atoms with Crippen molar-refractivity contribution in [1.29, 1.82) is 0 Å². The SMILES string of the molecule is CC#CC[C@H](C)[C@H](O)/C=C/[C@H]1[C@H](CC(C)(C)[Si](C)(C)O)C[C@@H]2Oc3c(CCCC(=O)OC)cccc3[C@H]12. The highest BCUT2D eigenvalue weighted by atomic mass is 28.4. The van der Waals surface area contributed by atoms with Gasteiger partial charge in [0.25, 0.3) is 0 Å². The van der Waals surface area contributed by atoms with Crippen LogP contribution >= 0.6 is 0 Å². The third kappa shape index (κ3) is 6.87. The lowest BCUT2D eigenvalue weighted by molar-refractivity contribution is -0.140. The van der Waals surface area contributed by atoms with E-state index in [1.165, 1.54) is 12.7 Å². The number of benzene rings is 1. The number of carbonyl (C=O) groups is 1. The normalized spacial score (nSPS) is 24.6. The fourth-order valence-corrected chi connectivity index (χ4v) is 6.54. The van der Waals surface area contributed by atoms with Crippen molar-refractivity contribution >= 4 is 14.3 Å². The molecule has 2 aliphatic rings. The van der Waals surface area contributed by atoms with Crippen molar-refractivity contribution in [2.45, 2.75) is 102 Å². The molecule has 6 heteroatoms. The Hall–Kier alpha value is -2.07. The predicted molar refractivity (Wildman–Crippen MR) is 151 cm³/mol. The second kappa shape index (κ2) is 12.2. The fourth-order valence-electron chi connectivity index (χ4n) is 5.77. The summed E-state index contributed by atoms with van der Waals surface area (Å²) in [6, 6.07) is 6.38. The number of hydrogen-bond donors (Lipinski definition) is 2. The first-order valence-electron chi connectivity index (χ1n) is 13.7. The maximum atomic E-state index is 11.6. The van der Waals surface area contributed by atoms with Crippen molar-refractivity contribution < 1.29 is 24.2 Å². The molecule has 0 radical (unpaired) electrons. The number of methoxy groups -OCH3 is 1. The average Bonchev–Trinajstić information content (AvgIpc) is 3.35. The number of rotatable bonds is 11. The number of fused-ring (bicyclic) bond motifs is 3. The summed E-state index contributed by atoms with van der Waals surface area (Å²) >= 11 is 0. The van der Waals surface area contributed by atoms with Gasteiger partial charge in [0.1, 0.15) is 11.9 Å². The Morgan fingerprint density at radius 3 is 2.73 bits per heavy atom. The van der Waals surface area contributed by atoms with E-state index in [4.69, 9.17) is 9.47 Å². The Balaban J connectivity index is 1.88. The highest BCUT2D eigenvalue weighted by Gasteiger charge is 2.52. The van der Waals surface area contributed by atoms with E-state index in [-0.39, 0.29) is 34.9 Å². The summed E-state index contributed by atoms with van der Waals surface area (Å²) in [5, 5.41) is 10.7. The summed E-state index contributed by atoms with van der Waals surface area (Å²) in [7, 11) is -0.947. The van der Waals surface area contributed by atoms with Crippen LogP contribution in [0.3, 0.4) is 0 Å². The lowest BCUT2D eigenvalue weighted by atomic mass is 9.80. The van der Waals surface area contributed by atoms with Gasteiger partial charge in [-0.3, -0.25) is 4.79 Å². The number of allylic oxidation sites excluding steroid dienone is 1. The van der Waals surface area contributed by atoms with Gasteiger partial charge in [-0.15, -0.1) is 11.8 Å². The minimum atomic E-state index is -2.37. The number of hydrogen-bond acceptors (Lipinski definition) is 5. The molecular weight excluding hydrogens is 480 g/mol. The van der Waals surface area contributed by atoms with Crippen LogP contribution in [0.2, 0.25) is 18.1 Å². The fraction of sp³-hybridized carbons (Fsp3) is 0.645. The second-order valence-corrected chi connectivity index (χ2v) is 16.6. The first kappa shape index (κ1) is 29.5. The Bertz CT molecular complexity index is 1030. The highest BCUT2D eigenvalue weighted by Crippen LogP contribution is 2.58. The van der Waals surface area contributed by atoms with Crippen LogP contribution in [0.5, 0.6) is 5.75 Å². The van der Waals surface area contributed by atoms with Gasteiger partial charge in [0.05, 0.1) is 13.2 Å². The summed E-state index contributed by atoms with van der Waals surface area (Å²) in [6.07, 6.45) is 8.13. The zero-order valence-electron chi connectivity index (χ0n) is 23.7. The molecule has 3 rings (SSSR count). The van der Waals surface area contributed by atoms with Crippen molar-refractivity contribution in [2.24, 2.45) is 17.8 Å². The monoisotopic (exact) mass is 526 g/mol. The van der Waals surface area contributed by atoms with Gasteiger partial charge >= 0.3 is 5.97 Å². The molecule has 0 saturated heterocycles. The third-order valence-electron chi connectivity index (χ3n) is 8.85. The Morgan fingerprint density at radius 2 is 2.08 bits per heavy atom. The molecule has 1 aromatic rings. The molecule has 6 atom stereocenters. The van der Waals surface area contributed by atoms with Crippen molar-refractivity contribution in [3.8, 4) is 17.6 Å². The van der Waals surface area contributed by atoms with Gasteiger partial charge in [0.2, 0.25) is 0 Å². The van der Waals surface area contributed by atoms with Crippen LogP contribution in [-0.2, 0) is 16.0 Å². The molecule has 1 heterocycles. The predicted octanol–water partition coefficient (Wildman–Crippen LogP) is 6.00. The van der Waals surface area contributed by atoms with Gasteiger partial charge in [0.15, 0.2) is 8.32 Å². The summed E-state index contributed by atoms with van der Waals surface area (Å²) in [4.78, 5) is 22.6. The molecule has 0 bridgehead atoms. The van der Waals surface area contributed by atoms with E-state index in [1.807, 2.05) is 33.0 Å². The van der Waals surface area contributed by atoms with Crippen molar-refractivity contribution in [2.75, 3.05) is 7.11 Å². The number of aliphatic hydroxyl groups is 1. The Morgan fingerprint density at radius 1 is 1.35 bits per heavy atom. The molecule has 204 valence electrons. The van der Waals surface area contributed by atoms with Gasteiger partial charge in [-0.2, -0.15) is 0 Å². The molecule has 0 aromatic heterocycles. The van der Waals surface area contributed by atoms with Crippen LogP contribution < -0.4 is 4.74 Å². The maximum absolute atomic E-state index is 11.6. The molecule has 1 saturated carbocycles. The van der Waals surface area contributed by atoms with Crippen LogP contribution in [0, 0.1) is 29.6 Å². The topological polar surface area (TPSA) is 76.0 Å². The molecule has 2 N–H and O–H groups in total. The van der Waals surface area contributed by atoms with Gasteiger partial charge < -0.3 is 19.4 Å². The molecule has 37 heavy (non-hydrogen) atoms. The van der Waals surface area contributed by atoms with E-state index in [9.17, 15) is 14.7 Å². The zero-order chi connectivity index (χ0) is 27.4. The lowest BCUT2D eigenvalue weighted by Gasteiger charge is -2.38. The minimum absolute atomic E-state index is 0.0631. The van der Waals surface area contributed by atoms with Crippen LogP contribution in [0.25, 0.3) is 0 Å². The number of aliphatic hydroxyl groups excluding tert-OH is 1. The van der Waals surface area contributed by atoms with Crippen LogP contribution in [-0.4, -0.2) is 43.5 Å². The minimum Gasteiger partial charge on any atom is -0.489 e. The molecule has 1 fully saturated rings. The summed E-state index contributed by atoms with van der Waals surface area (Å²) in [5.74, 6) is 7.64. The van der Waals surface area contributed by atoms with Crippen LogP contribution in [0.4, 0.5) is 0 Å². The lowest BCUT2D eigenvalue weighted by Crippen LogP contribution is -2.40. The largest absolute Gasteiger partial charge is 0.489 e. The van der Waals surface area contributed by atoms with Crippen LogP contribution in [0.1, 0.15) is 76.8 Å². The molecule has 1 aliphatic carbocycles.